The molecule has 2 aromatic rings. The van der Waals surface area contributed by atoms with Crippen molar-refractivity contribution in [2.75, 3.05) is 19.6 Å². The molecule has 1 amide bonds. The molecule has 2 heterocycles. The van der Waals surface area contributed by atoms with Crippen LogP contribution in [-0.4, -0.2) is 44.9 Å². The van der Waals surface area contributed by atoms with Crippen LogP contribution in [0.15, 0.2) is 35.2 Å². The number of sulfone groups is 1. The Morgan fingerprint density at radius 1 is 1.17 bits per heavy atom. The summed E-state index contributed by atoms with van der Waals surface area (Å²) < 4.78 is 40.9. The Hall–Kier alpha value is -2.74. The van der Waals surface area contributed by atoms with Gasteiger partial charge in [-0.15, -0.1) is 0 Å². The summed E-state index contributed by atoms with van der Waals surface area (Å²) in [4.78, 5) is 15.2. The van der Waals surface area contributed by atoms with E-state index in [-0.39, 0.29) is 29.3 Å². The normalized spacial score (nSPS) is 15.4. The van der Waals surface area contributed by atoms with Gasteiger partial charge in [0.2, 0.25) is 6.79 Å². The highest BCUT2D eigenvalue weighted by Crippen LogP contribution is 2.40. The zero-order valence-electron chi connectivity index (χ0n) is 16.6. The third kappa shape index (κ3) is 3.76. The van der Waals surface area contributed by atoms with Crippen molar-refractivity contribution in [3.8, 4) is 17.2 Å². The molecular weight excluding hydrogens is 394 g/mol. The molecule has 0 aromatic heterocycles. The molecular formula is C21H23NO6S. The summed E-state index contributed by atoms with van der Waals surface area (Å²) in [6.45, 7) is 4.77. The van der Waals surface area contributed by atoms with Crippen molar-refractivity contribution in [2.45, 2.75) is 37.8 Å². The number of benzene rings is 2. The van der Waals surface area contributed by atoms with Crippen LogP contribution in [-0.2, 0) is 22.8 Å². The maximum absolute atomic E-state index is 13.4. The average molecular weight is 417 g/mol. The van der Waals surface area contributed by atoms with Crippen molar-refractivity contribution < 1.29 is 27.4 Å². The Bertz CT molecular complexity index is 1080. The maximum atomic E-state index is 13.4. The van der Waals surface area contributed by atoms with Crippen molar-refractivity contribution in [1.29, 1.82) is 0 Å². The van der Waals surface area contributed by atoms with Gasteiger partial charge in [0.15, 0.2) is 21.3 Å². The molecule has 0 aliphatic carbocycles. The van der Waals surface area contributed by atoms with Crippen LogP contribution in [0.3, 0.4) is 0 Å². The average Bonchev–Trinajstić information content (AvgIpc) is 3.15. The van der Waals surface area contributed by atoms with Crippen molar-refractivity contribution >= 4 is 15.7 Å². The first-order valence-electron chi connectivity index (χ1n) is 9.44. The molecule has 0 spiro atoms. The summed E-state index contributed by atoms with van der Waals surface area (Å²) in [7, 11) is -3.45. The first kappa shape index (κ1) is 19.6. The molecule has 2 aliphatic heterocycles. The summed E-state index contributed by atoms with van der Waals surface area (Å²) in [6.07, 6.45) is 1.66. The summed E-state index contributed by atoms with van der Waals surface area (Å²) in [5, 5.41) is 0. The highest BCUT2D eigenvalue weighted by Gasteiger charge is 2.30. The molecule has 0 N–H and O–H groups in total. The lowest BCUT2D eigenvalue weighted by atomic mass is 9.97. The molecule has 154 valence electrons. The second-order valence-electron chi connectivity index (χ2n) is 7.51. The number of carbonyl (C=O) groups is 1. The van der Waals surface area contributed by atoms with Crippen LogP contribution >= 0.6 is 0 Å². The molecule has 0 radical (unpaired) electrons. The van der Waals surface area contributed by atoms with Gasteiger partial charge >= 0.3 is 0 Å². The van der Waals surface area contributed by atoms with Gasteiger partial charge in [-0.25, -0.2) is 8.42 Å². The van der Waals surface area contributed by atoms with Crippen LogP contribution < -0.4 is 14.2 Å². The summed E-state index contributed by atoms with van der Waals surface area (Å²) in [5.74, 6) is 1.47. The minimum atomic E-state index is -3.45. The van der Waals surface area contributed by atoms with Crippen molar-refractivity contribution in [3.05, 3.63) is 47.0 Å². The lowest BCUT2D eigenvalue weighted by molar-refractivity contribution is 0.0726. The molecule has 0 saturated heterocycles. The minimum absolute atomic E-state index is 0.0898. The van der Waals surface area contributed by atoms with Crippen LogP contribution in [0.5, 0.6) is 17.2 Å². The molecule has 2 aromatic carbocycles. The van der Waals surface area contributed by atoms with E-state index in [1.807, 2.05) is 26.0 Å². The van der Waals surface area contributed by atoms with Gasteiger partial charge in [0.1, 0.15) is 5.75 Å². The van der Waals surface area contributed by atoms with Crippen molar-refractivity contribution in [1.82, 2.24) is 4.90 Å². The van der Waals surface area contributed by atoms with Gasteiger partial charge < -0.3 is 19.1 Å². The Morgan fingerprint density at radius 3 is 2.69 bits per heavy atom. The molecule has 0 fully saturated rings. The molecule has 4 rings (SSSR count). The fourth-order valence-electron chi connectivity index (χ4n) is 3.61. The van der Waals surface area contributed by atoms with E-state index in [4.69, 9.17) is 14.2 Å². The largest absolute Gasteiger partial charge is 0.490 e. The summed E-state index contributed by atoms with van der Waals surface area (Å²) >= 11 is 0. The minimum Gasteiger partial charge on any atom is -0.490 e. The van der Waals surface area contributed by atoms with E-state index in [1.54, 1.807) is 11.0 Å². The number of ether oxygens (including phenoxy) is 3. The monoisotopic (exact) mass is 417 g/mol. The summed E-state index contributed by atoms with van der Waals surface area (Å²) in [5.41, 5.74) is 2.31. The van der Waals surface area contributed by atoms with Gasteiger partial charge in [-0.3, -0.25) is 4.79 Å². The molecule has 2 aliphatic rings. The third-order valence-corrected chi connectivity index (χ3v) is 6.11. The third-order valence-electron chi connectivity index (χ3n) is 5.00. The molecule has 0 saturated carbocycles. The number of fused-ring (bicyclic) bond motifs is 3. The standard InChI is InChI=1S/C21H23NO6S/c1-13(2)28-18-7-5-15(29(3,24)25)10-16(18)21(23)22-9-8-14-4-6-19-20(17(14)11-22)27-12-26-19/h4-7,10,13H,8-9,11-12H2,1-3H3. The topological polar surface area (TPSA) is 82.1 Å². The van der Waals surface area contributed by atoms with E-state index in [0.717, 1.165) is 17.4 Å². The summed E-state index contributed by atoms with van der Waals surface area (Å²) in [6, 6.07) is 8.31. The molecule has 0 atom stereocenters. The van der Waals surface area contributed by atoms with E-state index < -0.39 is 9.84 Å². The number of hydrogen-bond acceptors (Lipinski definition) is 6. The van der Waals surface area contributed by atoms with Crippen LogP contribution in [0, 0.1) is 0 Å². The predicted octanol–water partition coefficient (Wildman–Crippen LogP) is 2.80. The van der Waals surface area contributed by atoms with Crippen LogP contribution in [0.1, 0.15) is 35.3 Å². The number of amides is 1. The SMILES string of the molecule is CC(C)Oc1ccc(S(C)(=O)=O)cc1C(=O)N1CCc2ccc3c(c2C1)OCO3. The highest BCUT2D eigenvalue weighted by atomic mass is 32.2. The number of hydrogen-bond donors (Lipinski definition) is 0. The second kappa shape index (κ2) is 7.26. The Labute approximate surface area is 170 Å². The molecule has 8 heteroatoms. The Morgan fingerprint density at radius 2 is 1.97 bits per heavy atom. The van der Waals surface area contributed by atoms with Gasteiger partial charge in [-0.2, -0.15) is 0 Å². The number of nitrogens with zero attached hydrogens (tertiary/aromatic N) is 1. The van der Waals surface area contributed by atoms with Gasteiger partial charge in [0, 0.05) is 18.4 Å². The zero-order valence-corrected chi connectivity index (χ0v) is 17.4. The molecule has 7 nitrogen and oxygen atoms in total. The molecule has 0 unspecified atom stereocenters. The first-order valence-corrected chi connectivity index (χ1v) is 11.3. The first-order chi connectivity index (χ1) is 13.7. The van der Waals surface area contributed by atoms with Crippen LogP contribution in [0.2, 0.25) is 0 Å². The fraction of sp³-hybridized carbons (Fsp3) is 0.381. The quantitative estimate of drug-likeness (QED) is 0.761. The van der Waals surface area contributed by atoms with Crippen molar-refractivity contribution in [2.24, 2.45) is 0 Å². The van der Waals surface area contributed by atoms with Crippen LogP contribution in [0.4, 0.5) is 0 Å². The fourth-order valence-corrected chi connectivity index (χ4v) is 4.26. The smallest absolute Gasteiger partial charge is 0.257 e. The van der Waals surface area contributed by atoms with E-state index in [1.165, 1.54) is 12.1 Å². The molecule has 0 bridgehead atoms. The molecule has 29 heavy (non-hydrogen) atoms. The van der Waals surface area contributed by atoms with Gasteiger partial charge in [0.05, 0.1) is 23.1 Å². The van der Waals surface area contributed by atoms with E-state index in [2.05, 4.69) is 0 Å². The number of rotatable bonds is 4. The number of carbonyl (C=O) groups excluding carboxylic acids is 1. The van der Waals surface area contributed by atoms with E-state index in [0.29, 0.717) is 36.8 Å². The lowest BCUT2D eigenvalue weighted by Gasteiger charge is -2.30. The maximum Gasteiger partial charge on any atom is 0.257 e. The Kier molecular flexibility index (Phi) is 4.90. The van der Waals surface area contributed by atoms with Crippen molar-refractivity contribution in [3.63, 3.8) is 0 Å². The zero-order chi connectivity index (χ0) is 20.8. The lowest BCUT2D eigenvalue weighted by Crippen LogP contribution is -2.36. The van der Waals surface area contributed by atoms with Crippen LogP contribution in [0.25, 0.3) is 0 Å². The van der Waals surface area contributed by atoms with Gasteiger partial charge in [-0.05, 0) is 50.1 Å². The highest BCUT2D eigenvalue weighted by molar-refractivity contribution is 7.90. The Balaban J connectivity index is 1.70. The van der Waals surface area contributed by atoms with Gasteiger partial charge in [0.25, 0.3) is 5.91 Å². The van der Waals surface area contributed by atoms with Gasteiger partial charge in [-0.1, -0.05) is 6.07 Å². The van der Waals surface area contributed by atoms with E-state index in [9.17, 15) is 13.2 Å². The van der Waals surface area contributed by atoms with E-state index >= 15 is 0 Å². The second-order valence-corrected chi connectivity index (χ2v) is 9.53. The predicted molar refractivity (Wildman–Crippen MR) is 106 cm³/mol.